The zero-order chi connectivity index (χ0) is 19.4. The molecule has 3 aromatic rings. The quantitative estimate of drug-likeness (QED) is 0.646. The summed E-state index contributed by atoms with van der Waals surface area (Å²) in [6, 6.07) is 17.0. The number of aromatic nitrogens is 1. The van der Waals surface area contributed by atoms with Crippen molar-refractivity contribution in [2.24, 2.45) is 0 Å². The molecule has 0 spiro atoms. The Bertz CT molecular complexity index is 955. The summed E-state index contributed by atoms with van der Waals surface area (Å²) in [6.45, 7) is 1.86. The van der Waals surface area contributed by atoms with E-state index in [1.807, 2.05) is 62.3 Å². The highest BCUT2D eigenvalue weighted by molar-refractivity contribution is 6.31. The van der Waals surface area contributed by atoms with Gasteiger partial charge < -0.3 is 15.5 Å². The van der Waals surface area contributed by atoms with Gasteiger partial charge in [-0.3, -0.25) is 9.78 Å². The first-order valence-corrected chi connectivity index (χ1v) is 8.89. The van der Waals surface area contributed by atoms with Crippen LogP contribution in [0, 0.1) is 6.92 Å². The van der Waals surface area contributed by atoms with E-state index in [0.717, 1.165) is 22.6 Å². The molecule has 0 saturated heterocycles. The summed E-state index contributed by atoms with van der Waals surface area (Å²) in [4.78, 5) is 18.8. The number of halogens is 1. The molecule has 0 aliphatic rings. The predicted molar refractivity (Wildman–Crippen MR) is 112 cm³/mol. The minimum Gasteiger partial charge on any atom is -0.378 e. The van der Waals surface area contributed by atoms with E-state index < -0.39 is 0 Å². The van der Waals surface area contributed by atoms with Gasteiger partial charge in [-0.25, -0.2) is 0 Å². The molecule has 0 bridgehead atoms. The number of amides is 1. The monoisotopic (exact) mass is 380 g/mol. The van der Waals surface area contributed by atoms with Gasteiger partial charge >= 0.3 is 0 Å². The molecular weight excluding hydrogens is 360 g/mol. The molecular formula is C21H21ClN4O. The van der Waals surface area contributed by atoms with Crippen LogP contribution in [0.2, 0.25) is 5.02 Å². The summed E-state index contributed by atoms with van der Waals surface area (Å²) in [5.41, 5.74) is 4.66. The van der Waals surface area contributed by atoms with Crippen molar-refractivity contribution >= 4 is 40.3 Å². The Morgan fingerprint density at radius 1 is 1.04 bits per heavy atom. The summed E-state index contributed by atoms with van der Waals surface area (Å²) in [5, 5.41) is 6.76. The minimum atomic E-state index is -0.285. The standard InChI is InChI=1S/C21H21ClN4O/c1-14-18(22)5-4-6-19(14)25-21(27)20-13-16(11-12-23-20)24-15-7-9-17(10-8-15)26(2)3/h4-13H,1-3H3,(H,23,24)(H,25,27). The van der Waals surface area contributed by atoms with Crippen LogP contribution < -0.4 is 15.5 Å². The number of hydrogen-bond donors (Lipinski definition) is 2. The lowest BCUT2D eigenvalue weighted by molar-refractivity contribution is 0.102. The molecule has 0 aliphatic carbocycles. The number of nitrogens with one attached hydrogen (secondary N) is 2. The zero-order valence-corrected chi connectivity index (χ0v) is 16.2. The molecule has 0 radical (unpaired) electrons. The number of carbonyl (C=O) groups is 1. The maximum atomic E-state index is 12.6. The van der Waals surface area contributed by atoms with E-state index in [4.69, 9.17) is 11.6 Å². The third-order valence-electron chi connectivity index (χ3n) is 4.18. The summed E-state index contributed by atoms with van der Waals surface area (Å²) < 4.78 is 0. The highest BCUT2D eigenvalue weighted by atomic mass is 35.5. The van der Waals surface area contributed by atoms with Crippen LogP contribution in [0.15, 0.2) is 60.8 Å². The number of hydrogen-bond acceptors (Lipinski definition) is 4. The van der Waals surface area contributed by atoms with E-state index in [1.54, 1.807) is 24.4 Å². The van der Waals surface area contributed by atoms with Crippen molar-refractivity contribution in [3.8, 4) is 0 Å². The summed E-state index contributed by atoms with van der Waals surface area (Å²) in [6.07, 6.45) is 1.61. The van der Waals surface area contributed by atoms with Crippen LogP contribution in [-0.4, -0.2) is 25.0 Å². The van der Waals surface area contributed by atoms with Gasteiger partial charge in [0.25, 0.3) is 5.91 Å². The average Bonchev–Trinajstić information content (AvgIpc) is 2.66. The molecule has 27 heavy (non-hydrogen) atoms. The number of nitrogens with zero attached hydrogens (tertiary/aromatic N) is 2. The van der Waals surface area contributed by atoms with Gasteiger partial charge in [-0.2, -0.15) is 0 Å². The molecule has 0 fully saturated rings. The van der Waals surface area contributed by atoms with E-state index in [0.29, 0.717) is 16.4 Å². The fraction of sp³-hybridized carbons (Fsp3) is 0.143. The largest absolute Gasteiger partial charge is 0.378 e. The second-order valence-electron chi connectivity index (χ2n) is 6.36. The number of pyridine rings is 1. The second-order valence-corrected chi connectivity index (χ2v) is 6.77. The lowest BCUT2D eigenvalue weighted by Crippen LogP contribution is -2.14. The molecule has 2 N–H and O–H groups in total. The van der Waals surface area contributed by atoms with Crippen LogP contribution in [0.4, 0.5) is 22.7 Å². The summed E-state index contributed by atoms with van der Waals surface area (Å²) in [7, 11) is 4.00. The van der Waals surface area contributed by atoms with Crippen molar-refractivity contribution in [1.29, 1.82) is 0 Å². The Hall–Kier alpha value is -3.05. The molecule has 1 amide bonds. The van der Waals surface area contributed by atoms with Gasteiger partial charge in [-0.05, 0) is 61.0 Å². The first-order valence-electron chi connectivity index (χ1n) is 8.51. The van der Waals surface area contributed by atoms with Gasteiger partial charge in [0, 0.05) is 48.1 Å². The van der Waals surface area contributed by atoms with Crippen molar-refractivity contribution in [1.82, 2.24) is 4.98 Å². The van der Waals surface area contributed by atoms with Crippen LogP contribution in [0.1, 0.15) is 16.1 Å². The fourth-order valence-electron chi connectivity index (χ4n) is 2.57. The third-order valence-corrected chi connectivity index (χ3v) is 4.59. The highest BCUT2D eigenvalue weighted by Gasteiger charge is 2.11. The maximum Gasteiger partial charge on any atom is 0.274 e. The molecule has 138 valence electrons. The molecule has 3 rings (SSSR count). The minimum absolute atomic E-state index is 0.285. The van der Waals surface area contributed by atoms with Gasteiger partial charge in [0.2, 0.25) is 0 Å². The van der Waals surface area contributed by atoms with Gasteiger partial charge in [0.15, 0.2) is 0 Å². The van der Waals surface area contributed by atoms with Gasteiger partial charge in [0.05, 0.1) is 0 Å². The normalized spacial score (nSPS) is 10.4. The SMILES string of the molecule is Cc1c(Cl)cccc1NC(=O)c1cc(Nc2ccc(N(C)C)cc2)ccn1. The second kappa shape index (κ2) is 8.10. The van der Waals surface area contributed by atoms with Crippen molar-refractivity contribution in [2.75, 3.05) is 29.6 Å². The molecule has 5 nitrogen and oxygen atoms in total. The Morgan fingerprint density at radius 3 is 2.48 bits per heavy atom. The third kappa shape index (κ3) is 4.57. The van der Waals surface area contributed by atoms with Crippen LogP contribution in [0.3, 0.4) is 0 Å². The van der Waals surface area contributed by atoms with E-state index in [-0.39, 0.29) is 5.91 Å². The molecule has 1 aromatic heterocycles. The molecule has 6 heteroatoms. The first-order chi connectivity index (χ1) is 12.9. The lowest BCUT2D eigenvalue weighted by atomic mass is 10.2. The Labute approximate surface area is 164 Å². The van der Waals surface area contributed by atoms with E-state index in [9.17, 15) is 4.79 Å². The smallest absolute Gasteiger partial charge is 0.274 e. The number of benzene rings is 2. The van der Waals surface area contributed by atoms with Gasteiger partial charge in [-0.15, -0.1) is 0 Å². The molecule has 2 aromatic carbocycles. The van der Waals surface area contributed by atoms with Crippen molar-refractivity contribution in [3.05, 3.63) is 77.1 Å². The maximum absolute atomic E-state index is 12.6. The molecule has 0 aliphatic heterocycles. The van der Waals surface area contributed by atoms with Crippen LogP contribution in [-0.2, 0) is 0 Å². The van der Waals surface area contributed by atoms with Crippen molar-refractivity contribution in [2.45, 2.75) is 6.92 Å². The Kier molecular flexibility index (Phi) is 5.62. The van der Waals surface area contributed by atoms with Crippen molar-refractivity contribution < 1.29 is 4.79 Å². The summed E-state index contributed by atoms with van der Waals surface area (Å²) in [5.74, 6) is -0.285. The highest BCUT2D eigenvalue weighted by Crippen LogP contribution is 2.24. The lowest BCUT2D eigenvalue weighted by Gasteiger charge is -2.14. The Balaban J connectivity index is 1.74. The topological polar surface area (TPSA) is 57.3 Å². The van der Waals surface area contributed by atoms with Crippen molar-refractivity contribution in [3.63, 3.8) is 0 Å². The molecule has 1 heterocycles. The van der Waals surface area contributed by atoms with Gasteiger partial charge in [-0.1, -0.05) is 17.7 Å². The first kappa shape index (κ1) is 18.7. The van der Waals surface area contributed by atoms with E-state index >= 15 is 0 Å². The molecule has 0 saturated carbocycles. The molecule has 0 atom stereocenters. The summed E-state index contributed by atoms with van der Waals surface area (Å²) >= 11 is 6.11. The van der Waals surface area contributed by atoms with Gasteiger partial charge in [0.1, 0.15) is 5.69 Å². The van der Waals surface area contributed by atoms with E-state index in [2.05, 4.69) is 15.6 Å². The van der Waals surface area contributed by atoms with Crippen LogP contribution in [0.25, 0.3) is 0 Å². The number of rotatable bonds is 5. The fourth-order valence-corrected chi connectivity index (χ4v) is 2.75. The van der Waals surface area contributed by atoms with Crippen LogP contribution in [0.5, 0.6) is 0 Å². The number of carbonyl (C=O) groups excluding carboxylic acids is 1. The Morgan fingerprint density at radius 2 is 1.78 bits per heavy atom. The number of anilines is 4. The average molecular weight is 381 g/mol. The van der Waals surface area contributed by atoms with Crippen LogP contribution >= 0.6 is 11.6 Å². The van der Waals surface area contributed by atoms with E-state index in [1.165, 1.54) is 0 Å². The predicted octanol–water partition coefficient (Wildman–Crippen LogP) is 5.11. The zero-order valence-electron chi connectivity index (χ0n) is 15.5. The molecule has 0 unspecified atom stereocenters.